The van der Waals surface area contributed by atoms with E-state index in [2.05, 4.69) is 10.0 Å². The number of nitrogens with zero attached hydrogens (tertiary/aromatic N) is 1. The highest BCUT2D eigenvalue weighted by atomic mass is 32.2. The predicted molar refractivity (Wildman–Crippen MR) is 99.3 cm³/mol. The van der Waals surface area contributed by atoms with Gasteiger partial charge in [0, 0.05) is 36.5 Å². The van der Waals surface area contributed by atoms with Crippen molar-refractivity contribution in [2.75, 3.05) is 25.6 Å². The number of hydrogen-bond acceptors (Lipinski definition) is 6. The highest BCUT2D eigenvalue weighted by Gasteiger charge is 2.15. The Balaban J connectivity index is 2.09. The number of benzene rings is 2. The first-order chi connectivity index (χ1) is 12.7. The molecule has 0 bridgehead atoms. The lowest BCUT2D eigenvalue weighted by Crippen LogP contribution is -2.27. The van der Waals surface area contributed by atoms with Gasteiger partial charge in [0.1, 0.15) is 0 Å². The number of nitro groups is 1. The van der Waals surface area contributed by atoms with Crippen LogP contribution in [0.4, 0.5) is 11.4 Å². The standard InChI is InChI=1S/C17H19N3O6S/c1-12-11-13(3-8-16(12)20(22)23)17(21)19-14-4-6-15(7-5-14)27(24,25)18-9-10-26-2/h3-8,11,18H,9-10H2,1-2H3,(H,19,21). The summed E-state index contributed by atoms with van der Waals surface area (Å²) in [6, 6.07) is 9.70. The Bertz CT molecular complexity index is 942. The topological polar surface area (TPSA) is 128 Å². The summed E-state index contributed by atoms with van der Waals surface area (Å²) < 4.78 is 31.3. The van der Waals surface area contributed by atoms with Crippen LogP contribution in [0.2, 0.25) is 0 Å². The van der Waals surface area contributed by atoms with Gasteiger partial charge in [-0.2, -0.15) is 0 Å². The number of nitrogens with one attached hydrogen (secondary N) is 2. The molecule has 0 aliphatic rings. The normalized spacial score (nSPS) is 11.2. The minimum Gasteiger partial charge on any atom is -0.383 e. The molecule has 0 aliphatic heterocycles. The van der Waals surface area contributed by atoms with E-state index in [0.717, 1.165) is 0 Å². The van der Waals surface area contributed by atoms with Crippen molar-refractivity contribution in [2.45, 2.75) is 11.8 Å². The molecule has 0 unspecified atom stereocenters. The van der Waals surface area contributed by atoms with E-state index < -0.39 is 20.9 Å². The molecule has 0 radical (unpaired) electrons. The quantitative estimate of drug-likeness (QED) is 0.401. The van der Waals surface area contributed by atoms with Crippen LogP contribution in [0, 0.1) is 17.0 Å². The summed E-state index contributed by atoms with van der Waals surface area (Å²) in [7, 11) is -2.18. The van der Waals surface area contributed by atoms with Crippen LogP contribution in [-0.4, -0.2) is 39.5 Å². The number of anilines is 1. The van der Waals surface area contributed by atoms with Gasteiger partial charge in [-0.05, 0) is 43.3 Å². The zero-order valence-corrected chi connectivity index (χ0v) is 15.6. The zero-order valence-electron chi connectivity index (χ0n) is 14.8. The third-order valence-electron chi connectivity index (χ3n) is 3.68. The van der Waals surface area contributed by atoms with Crippen molar-refractivity contribution in [3.8, 4) is 0 Å². The van der Waals surface area contributed by atoms with E-state index in [1.54, 1.807) is 6.92 Å². The maximum Gasteiger partial charge on any atom is 0.272 e. The highest BCUT2D eigenvalue weighted by molar-refractivity contribution is 7.89. The van der Waals surface area contributed by atoms with Crippen LogP contribution in [0.3, 0.4) is 0 Å². The first kappa shape index (κ1) is 20.5. The lowest BCUT2D eigenvalue weighted by atomic mass is 10.1. The Morgan fingerprint density at radius 1 is 1.19 bits per heavy atom. The Morgan fingerprint density at radius 2 is 1.85 bits per heavy atom. The number of hydrogen-bond donors (Lipinski definition) is 2. The van der Waals surface area contributed by atoms with Crippen LogP contribution in [0.15, 0.2) is 47.4 Å². The fourth-order valence-corrected chi connectivity index (χ4v) is 3.30. The molecule has 2 rings (SSSR count). The van der Waals surface area contributed by atoms with E-state index in [1.165, 1.54) is 49.6 Å². The molecule has 0 heterocycles. The fourth-order valence-electron chi connectivity index (χ4n) is 2.28. The van der Waals surface area contributed by atoms with Crippen molar-refractivity contribution in [3.05, 3.63) is 63.7 Å². The van der Waals surface area contributed by atoms with Gasteiger partial charge in [0.2, 0.25) is 10.0 Å². The Hall–Kier alpha value is -2.82. The molecule has 27 heavy (non-hydrogen) atoms. The highest BCUT2D eigenvalue weighted by Crippen LogP contribution is 2.20. The molecule has 0 atom stereocenters. The summed E-state index contributed by atoms with van der Waals surface area (Å²) in [5.41, 5.74) is 0.959. The summed E-state index contributed by atoms with van der Waals surface area (Å²) in [4.78, 5) is 22.7. The summed E-state index contributed by atoms with van der Waals surface area (Å²) >= 11 is 0. The predicted octanol–water partition coefficient (Wildman–Crippen LogP) is 2.08. The average Bonchev–Trinajstić information content (AvgIpc) is 2.62. The van der Waals surface area contributed by atoms with Crippen molar-refractivity contribution in [3.63, 3.8) is 0 Å². The van der Waals surface area contributed by atoms with Crippen molar-refractivity contribution >= 4 is 27.3 Å². The van der Waals surface area contributed by atoms with E-state index >= 15 is 0 Å². The van der Waals surface area contributed by atoms with Crippen molar-refractivity contribution in [1.29, 1.82) is 0 Å². The monoisotopic (exact) mass is 393 g/mol. The molecule has 2 N–H and O–H groups in total. The lowest BCUT2D eigenvalue weighted by Gasteiger charge is -2.09. The number of nitro benzene ring substituents is 1. The molecule has 0 saturated heterocycles. The van der Waals surface area contributed by atoms with Gasteiger partial charge in [-0.15, -0.1) is 0 Å². The number of ether oxygens (including phenoxy) is 1. The molecule has 0 saturated carbocycles. The molecule has 2 aromatic rings. The first-order valence-electron chi connectivity index (χ1n) is 7.89. The molecule has 0 spiro atoms. The SMILES string of the molecule is COCCNS(=O)(=O)c1ccc(NC(=O)c2ccc([N+](=O)[O-])c(C)c2)cc1. The molecule has 0 aromatic heterocycles. The number of sulfonamides is 1. The number of amides is 1. The summed E-state index contributed by atoms with van der Waals surface area (Å²) in [6.45, 7) is 1.95. The third kappa shape index (κ3) is 5.33. The van der Waals surface area contributed by atoms with Crippen molar-refractivity contribution in [2.24, 2.45) is 0 Å². The molecular formula is C17H19N3O6S. The second-order valence-corrected chi connectivity index (χ2v) is 7.39. The van der Waals surface area contributed by atoms with E-state index in [1.807, 2.05) is 0 Å². The zero-order chi connectivity index (χ0) is 20.0. The molecule has 10 heteroatoms. The first-order valence-corrected chi connectivity index (χ1v) is 9.38. The van der Waals surface area contributed by atoms with Crippen molar-refractivity contribution in [1.82, 2.24) is 4.72 Å². The second-order valence-electron chi connectivity index (χ2n) is 5.63. The van der Waals surface area contributed by atoms with E-state index in [-0.39, 0.29) is 29.3 Å². The number of aryl methyl sites for hydroxylation is 1. The maximum absolute atomic E-state index is 12.3. The summed E-state index contributed by atoms with van der Waals surface area (Å²) in [6.07, 6.45) is 0. The van der Waals surface area contributed by atoms with Crippen LogP contribution in [0.25, 0.3) is 0 Å². The molecule has 0 aliphatic carbocycles. The molecule has 144 valence electrons. The Kier molecular flexibility index (Phi) is 6.61. The number of carbonyl (C=O) groups excluding carboxylic acids is 1. The average molecular weight is 393 g/mol. The van der Waals surface area contributed by atoms with Crippen LogP contribution in [0.1, 0.15) is 15.9 Å². The van der Waals surface area contributed by atoms with Gasteiger partial charge < -0.3 is 10.1 Å². The van der Waals surface area contributed by atoms with Crippen molar-refractivity contribution < 1.29 is 22.9 Å². The van der Waals surface area contributed by atoms with Crippen LogP contribution in [-0.2, 0) is 14.8 Å². The molecule has 2 aromatic carbocycles. The fraction of sp³-hybridized carbons (Fsp3) is 0.235. The lowest BCUT2D eigenvalue weighted by molar-refractivity contribution is -0.385. The van der Waals surface area contributed by atoms with Crippen LogP contribution in [0.5, 0.6) is 0 Å². The Labute approximate surface area is 156 Å². The van der Waals surface area contributed by atoms with Gasteiger partial charge in [-0.1, -0.05) is 0 Å². The number of methoxy groups -OCH3 is 1. The second kappa shape index (κ2) is 8.71. The van der Waals surface area contributed by atoms with Gasteiger partial charge >= 0.3 is 0 Å². The minimum atomic E-state index is -3.65. The minimum absolute atomic E-state index is 0.0581. The molecule has 1 amide bonds. The van der Waals surface area contributed by atoms with Gasteiger partial charge in [-0.3, -0.25) is 14.9 Å². The number of carbonyl (C=O) groups is 1. The van der Waals surface area contributed by atoms with Crippen LogP contribution < -0.4 is 10.0 Å². The van der Waals surface area contributed by atoms with Crippen LogP contribution >= 0.6 is 0 Å². The van der Waals surface area contributed by atoms with Gasteiger partial charge in [0.25, 0.3) is 11.6 Å². The van der Waals surface area contributed by atoms with Gasteiger partial charge in [0.05, 0.1) is 16.4 Å². The van der Waals surface area contributed by atoms with E-state index in [0.29, 0.717) is 11.3 Å². The van der Waals surface area contributed by atoms with E-state index in [9.17, 15) is 23.3 Å². The summed E-state index contributed by atoms with van der Waals surface area (Å²) in [5, 5.41) is 13.5. The largest absolute Gasteiger partial charge is 0.383 e. The molecule has 0 fully saturated rings. The van der Waals surface area contributed by atoms with E-state index in [4.69, 9.17) is 4.74 Å². The molecular weight excluding hydrogens is 374 g/mol. The summed E-state index contributed by atoms with van der Waals surface area (Å²) in [5.74, 6) is -0.457. The van der Waals surface area contributed by atoms with Gasteiger partial charge in [-0.25, -0.2) is 13.1 Å². The third-order valence-corrected chi connectivity index (χ3v) is 5.15. The number of rotatable bonds is 8. The maximum atomic E-state index is 12.3. The molecule has 9 nitrogen and oxygen atoms in total. The van der Waals surface area contributed by atoms with Gasteiger partial charge in [0.15, 0.2) is 0 Å². The smallest absolute Gasteiger partial charge is 0.272 e. The Morgan fingerprint density at radius 3 is 2.41 bits per heavy atom.